The molecule has 2 amide bonds. The van der Waals surface area contributed by atoms with Crippen molar-refractivity contribution in [3.63, 3.8) is 0 Å². The maximum Gasteiger partial charge on any atom is 0.315 e. The largest absolute Gasteiger partial charge is 0.396 e. The molecular weight excluding hydrogens is 653 g/mol. The molecular formula is C39H44F5N3O3. The smallest absolute Gasteiger partial charge is 0.315 e. The number of fused-ring (bicyclic) bond motifs is 1. The van der Waals surface area contributed by atoms with E-state index in [2.05, 4.69) is 10.6 Å². The average Bonchev–Trinajstić information content (AvgIpc) is 3.12. The quantitative estimate of drug-likeness (QED) is 0.127. The number of urea groups is 1. The minimum absolute atomic E-state index is 0.000926. The first kappa shape index (κ1) is 41.4. The molecule has 1 aliphatic rings. The second kappa shape index (κ2) is 24.4. The van der Waals surface area contributed by atoms with Crippen molar-refractivity contribution >= 4 is 6.03 Å². The fraction of sp³-hybridized carbons (Fsp3) is 0.333. The molecule has 1 aliphatic carbocycles. The van der Waals surface area contributed by atoms with E-state index in [1.54, 1.807) is 60.7 Å². The van der Waals surface area contributed by atoms with Gasteiger partial charge in [0.2, 0.25) is 0 Å². The van der Waals surface area contributed by atoms with Crippen LogP contribution in [-0.4, -0.2) is 42.7 Å². The molecule has 4 N–H and O–H groups in total. The normalized spacial score (nSPS) is 12.6. The lowest BCUT2D eigenvalue weighted by Gasteiger charge is -2.26. The number of aliphatic hydroxyl groups is 2. The fourth-order valence-electron chi connectivity index (χ4n) is 5.01. The summed E-state index contributed by atoms with van der Waals surface area (Å²) in [6, 6.07) is 25.9. The van der Waals surface area contributed by atoms with Crippen molar-refractivity contribution in [3.8, 4) is 6.07 Å². The van der Waals surface area contributed by atoms with Gasteiger partial charge in [0, 0.05) is 26.2 Å². The van der Waals surface area contributed by atoms with Crippen LogP contribution in [0.25, 0.3) is 0 Å². The van der Waals surface area contributed by atoms with Crippen LogP contribution in [0, 0.1) is 34.6 Å². The molecule has 0 heterocycles. The first-order chi connectivity index (χ1) is 24.2. The summed E-state index contributed by atoms with van der Waals surface area (Å²) in [5.41, 5.74) is 3.39. The Morgan fingerprint density at radius 1 is 0.740 bits per heavy atom. The number of amides is 2. The third kappa shape index (κ3) is 15.2. The summed E-state index contributed by atoms with van der Waals surface area (Å²) in [4.78, 5) is 11.5. The Morgan fingerprint density at radius 3 is 1.80 bits per heavy atom. The summed E-state index contributed by atoms with van der Waals surface area (Å²) >= 11 is 0. The Morgan fingerprint density at radius 2 is 1.28 bits per heavy atom. The third-order valence-corrected chi connectivity index (χ3v) is 7.50. The molecule has 6 nitrogen and oxygen atoms in total. The van der Waals surface area contributed by atoms with Crippen molar-refractivity contribution in [1.82, 2.24) is 10.6 Å². The Kier molecular flexibility index (Phi) is 20.2. The van der Waals surface area contributed by atoms with Crippen LogP contribution in [0.2, 0.25) is 0 Å². The highest BCUT2D eigenvalue weighted by atomic mass is 19.1. The van der Waals surface area contributed by atoms with Crippen LogP contribution in [0.3, 0.4) is 0 Å². The Labute approximate surface area is 290 Å². The molecule has 268 valence electrons. The van der Waals surface area contributed by atoms with Gasteiger partial charge in [-0.2, -0.15) is 5.26 Å². The zero-order valence-corrected chi connectivity index (χ0v) is 27.9. The zero-order chi connectivity index (χ0) is 36.6. The summed E-state index contributed by atoms with van der Waals surface area (Å²) in [6.07, 6.45) is 4.83. The van der Waals surface area contributed by atoms with Crippen LogP contribution in [0.5, 0.6) is 0 Å². The van der Waals surface area contributed by atoms with Gasteiger partial charge >= 0.3 is 6.03 Å². The van der Waals surface area contributed by atoms with E-state index in [1.807, 2.05) is 12.1 Å². The standard InChI is InChI=1S/C13H16F2N2O.C9H8FN.C9H11FO.C8H9FO/c14-7-8-16-13(18)17-12-6-2-3-9-10(12)4-1-5-11(9)15;2*10-9-6-2-1-4-8(9)5-3-7-11;9-8-4-2-1-3-7(8)5-6-10/h1,4-5,12H,2-3,6-8H2,(H2,16,17,18);1-2,4,6H,3,5H2;1-2,4,6,11H,3,5,7H2;1-4,10H,5-6H2. The van der Waals surface area contributed by atoms with Gasteiger partial charge in [-0.15, -0.1) is 0 Å². The lowest BCUT2D eigenvalue weighted by molar-refractivity contribution is 0.234. The van der Waals surface area contributed by atoms with Crippen LogP contribution in [0.4, 0.5) is 26.7 Å². The van der Waals surface area contributed by atoms with Crippen LogP contribution in [-0.2, 0) is 25.7 Å². The van der Waals surface area contributed by atoms with Crippen LogP contribution >= 0.6 is 0 Å². The predicted octanol–water partition coefficient (Wildman–Crippen LogP) is 7.86. The number of nitrogens with zero attached hydrogens (tertiary/aromatic N) is 1. The zero-order valence-electron chi connectivity index (χ0n) is 27.9. The van der Waals surface area contributed by atoms with E-state index < -0.39 is 12.7 Å². The molecule has 4 aromatic rings. The average molecular weight is 698 g/mol. The van der Waals surface area contributed by atoms with Crippen molar-refractivity contribution in [2.45, 2.75) is 57.4 Å². The van der Waals surface area contributed by atoms with Crippen LogP contribution < -0.4 is 10.6 Å². The van der Waals surface area contributed by atoms with Gasteiger partial charge in [-0.3, -0.25) is 0 Å². The second-order valence-electron chi connectivity index (χ2n) is 11.1. The summed E-state index contributed by atoms with van der Waals surface area (Å²) in [5.74, 6) is -0.858. The Balaban J connectivity index is 0.000000239. The molecule has 1 unspecified atom stereocenters. The van der Waals surface area contributed by atoms with E-state index >= 15 is 0 Å². The highest BCUT2D eigenvalue weighted by Crippen LogP contribution is 2.31. The van der Waals surface area contributed by atoms with E-state index in [0.29, 0.717) is 60.8 Å². The Bertz CT molecular complexity index is 1620. The second-order valence-corrected chi connectivity index (χ2v) is 11.1. The Hall–Kier alpha value is -4.79. The molecule has 11 heteroatoms. The molecule has 0 spiro atoms. The molecule has 0 aliphatic heterocycles. The summed E-state index contributed by atoms with van der Waals surface area (Å²) in [6.45, 7) is -0.479. The van der Waals surface area contributed by atoms with E-state index in [0.717, 1.165) is 18.4 Å². The number of aryl methyl sites for hydroxylation is 2. The molecule has 0 saturated heterocycles. The topological polar surface area (TPSA) is 105 Å². The summed E-state index contributed by atoms with van der Waals surface area (Å²) < 4.78 is 63.8. The van der Waals surface area contributed by atoms with Crippen LogP contribution in [0.15, 0.2) is 91.0 Å². The summed E-state index contributed by atoms with van der Waals surface area (Å²) in [7, 11) is 0. The molecule has 1 atom stereocenters. The molecule has 0 aromatic heterocycles. The number of carbonyl (C=O) groups is 1. The number of hydrogen-bond donors (Lipinski definition) is 4. The molecule has 5 rings (SSSR count). The van der Waals surface area contributed by atoms with Crippen LogP contribution in [0.1, 0.15) is 59.5 Å². The number of alkyl halides is 1. The number of benzene rings is 4. The van der Waals surface area contributed by atoms with Crippen molar-refractivity contribution in [2.75, 3.05) is 26.4 Å². The highest BCUT2D eigenvalue weighted by molar-refractivity contribution is 5.74. The molecule has 0 fully saturated rings. The molecule has 4 aromatic carbocycles. The number of nitrogens with one attached hydrogen (secondary N) is 2. The number of nitriles is 1. The maximum atomic E-state index is 13.6. The predicted molar refractivity (Wildman–Crippen MR) is 184 cm³/mol. The SMILES string of the molecule is N#CCCc1ccccc1F.O=C(NCCF)NC1CCCc2c(F)cccc21.OCCCc1ccccc1F.OCCc1ccccc1F. The molecule has 0 saturated carbocycles. The fourth-order valence-corrected chi connectivity index (χ4v) is 5.01. The van der Waals surface area contributed by atoms with Crippen molar-refractivity contribution in [1.29, 1.82) is 5.26 Å². The molecule has 50 heavy (non-hydrogen) atoms. The van der Waals surface area contributed by atoms with Gasteiger partial charge in [-0.05, 0) is 97.0 Å². The van der Waals surface area contributed by atoms with Gasteiger partial charge in [-0.25, -0.2) is 26.7 Å². The maximum absolute atomic E-state index is 13.6. The third-order valence-electron chi connectivity index (χ3n) is 7.50. The summed E-state index contributed by atoms with van der Waals surface area (Å²) in [5, 5.41) is 30.4. The highest BCUT2D eigenvalue weighted by Gasteiger charge is 2.23. The lowest BCUT2D eigenvalue weighted by atomic mass is 9.87. The van der Waals surface area contributed by atoms with Gasteiger partial charge in [0.15, 0.2) is 0 Å². The molecule has 0 radical (unpaired) electrons. The van der Waals surface area contributed by atoms with Crippen molar-refractivity contribution < 1.29 is 37.0 Å². The number of halogens is 5. The van der Waals surface area contributed by atoms with Gasteiger partial charge in [-0.1, -0.05) is 66.7 Å². The van der Waals surface area contributed by atoms with Crippen molar-refractivity contribution in [2.24, 2.45) is 0 Å². The van der Waals surface area contributed by atoms with E-state index in [-0.39, 0.29) is 49.1 Å². The monoisotopic (exact) mass is 697 g/mol. The minimum atomic E-state index is -0.594. The number of aliphatic hydroxyl groups excluding tert-OH is 2. The first-order valence-corrected chi connectivity index (χ1v) is 16.4. The van der Waals surface area contributed by atoms with Gasteiger partial charge in [0.05, 0.1) is 12.1 Å². The molecule has 0 bridgehead atoms. The minimum Gasteiger partial charge on any atom is -0.396 e. The number of hydrogen-bond acceptors (Lipinski definition) is 4. The van der Waals surface area contributed by atoms with E-state index in [4.69, 9.17) is 15.5 Å². The van der Waals surface area contributed by atoms with Gasteiger partial charge in [0.25, 0.3) is 0 Å². The van der Waals surface area contributed by atoms with Gasteiger partial charge < -0.3 is 20.8 Å². The van der Waals surface area contributed by atoms with E-state index in [9.17, 15) is 26.7 Å². The number of carbonyl (C=O) groups excluding carboxylic acids is 1. The first-order valence-electron chi connectivity index (χ1n) is 16.4. The lowest BCUT2D eigenvalue weighted by Crippen LogP contribution is -2.40. The van der Waals surface area contributed by atoms with Crippen molar-refractivity contribution in [3.05, 3.63) is 142 Å². The van der Waals surface area contributed by atoms with Gasteiger partial charge in [0.1, 0.15) is 29.9 Å². The van der Waals surface area contributed by atoms with E-state index in [1.165, 1.54) is 24.3 Å². The number of rotatable bonds is 10.